The van der Waals surface area contributed by atoms with E-state index in [0.717, 1.165) is 10.2 Å². The summed E-state index contributed by atoms with van der Waals surface area (Å²) in [6.07, 6.45) is 3.95. The van der Waals surface area contributed by atoms with Crippen molar-refractivity contribution in [1.29, 1.82) is 0 Å². The summed E-state index contributed by atoms with van der Waals surface area (Å²) in [7, 11) is 0. The van der Waals surface area contributed by atoms with Gasteiger partial charge in [0.2, 0.25) is 0 Å². The van der Waals surface area contributed by atoms with Crippen LogP contribution in [0.5, 0.6) is 0 Å². The van der Waals surface area contributed by atoms with Crippen LogP contribution in [0, 0.1) is 5.41 Å². The minimum atomic E-state index is -0.861. The van der Waals surface area contributed by atoms with Gasteiger partial charge in [0.25, 0.3) is 5.91 Å². The molecule has 2 heterocycles. The zero-order chi connectivity index (χ0) is 16.6. The summed E-state index contributed by atoms with van der Waals surface area (Å²) in [5.41, 5.74) is 0.450. The number of rotatable bonds is 3. The van der Waals surface area contributed by atoms with Crippen LogP contribution in [0.3, 0.4) is 0 Å². The fourth-order valence-corrected chi connectivity index (χ4v) is 3.00. The van der Waals surface area contributed by atoms with Gasteiger partial charge in [0.1, 0.15) is 0 Å². The van der Waals surface area contributed by atoms with E-state index in [4.69, 9.17) is 0 Å². The minimum absolute atomic E-state index is 0.150. The number of hydrogen-bond acceptors (Lipinski definition) is 3. The molecule has 6 nitrogen and oxygen atoms in total. The highest BCUT2D eigenvalue weighted by atomic mass is 79.9. The van der Waals surface area contributed by atoms with E-state index in [1.807, 2.05) is 6.07 Å². The van der Waals surface area contributed by atoms with Crippen LogP contribution in [0.2, 0.25) is 0 Å². The molecule has 120 valence electrons. The van der Waals surface area contributed by atoms with Crippen LogP contribution in [0.4, 0.5) is 0 Å². The van der Waals surface area contributed by atoms with E-state index in [1.165, 1.54) is 0 Å². The summed E-state index contributed by atoms with van der Waals surface area (Å²) in [5.74, 6) is -1.01. The Morgan fingerprint density at radius 3 is 2.78 bits per heavy atom. The number of carboxylic acid groups (broad SMARTS) is 1. The number of halogens is 1. The fraction of sp³-hybridized carbons (Fsp3) is 0.312. The average molecular weight is 378 g/mol. The Hall–Kier alpha value is -2.15. The van der Waals surface area contributed by atoms with Crippen molar-refractivity contribution in [2.75, 3.05) is 13.1 Å². The van der Waals surface area contributed by atoms with Crippen LogP contribution in [-0.4, -0.2) is 44.8 Å². The Morgan fingerprint density at radius 2 is 2.17 bits per heavy atom. The number of amides is 1. The van der Waals surface area contributed by atoms with Gasteiger partial charge in [-0.2, -0.15) is 5.10 Å². The number of nitrogens with zero attached hydrogens (tertiary/aromatic N) is 3. The number of likely N-dealkylation sites (tertiary alicyclic amines) is 1. The zero-order valence-electron chi connectivity index (χ0n) is 12.6. The molecule has 1 aromatic heterocycles. The molecule has 0 bridgehead atoms. The van der Waals surface area contributed by atoms with Crippen molar-refractivity contribution in [3.63, 3.8) is 0 Å². The highest BCUT2D eigenvalue weighted by Gasteiger charge is 2.42. The number of aliphatic carboxylic acids is 1. The molecule has 1 N–H and O–H groups in total. The summed E-state index contributed by atoms with van der Waals surface area (Å²) >= 11 is 3.34. The maximum absolute atomic E-state index is 12.6. The van der Waals surface area contributed by atoms with Gasteiger partial charge in [0, 0.05) is 24.8 Å². The highest BCUT2D eigenvalue weighted by Crippen LogP contribution is 2.31. The monoisotopic (exact) mass is 377 g/mol. The molecule has 1 aromatic carbocycles. The minimum Gasteiger partial charge on any atom is -0.481 e. The van der Waals surface area contributed by atoms with Crippen molar-refractivity contribution in [3.05, 3.63) is 46.7 Å². The Labute approximate surface area is 141 Å². The number of benzene rings is 1. The largest absolute Gasteiger partial charge is 0.481 e. The standard InChI is InChI=1S/C16H16BrN3O3/c1-16(15(22)23)5-6-19(10-16)14(21)11-3-2-4-13(7-11)20-9-12(17)8-18-20/h2-4,7-9H,5-6,10H2,1H3,(H,22,23)/t16-/m0/s1. The quantitative estimate of drug-likeness (QED) is 0.891. The van der Waals surface area contributed by atoms with E-state index in [1.54, 1.807) is 47.1 Å². The van der Waals surface area contributed by atoms with Gasteiger partial charge in [-0.3, -0.25) is 9.59 Å². The first-order valence-corrected chi connectivity index (χ1v) is 8.02. The van der Waals surface area contributed by atoms with E-state index in [9.17, 15) is 14.7 Å². The highest BCUT2D eigenvalue weighted by molar-refractivity contribution is 9.10. The first kappa shape index (κ1) is 15.7. The third-order valence-corrected chi connectivity index (χ3v) is 4.60. The lowest BCUT2D eigenvalue weighted by atomic mass is 9.90. The Bertz CT molecular complexity index is 773. The molecule has 0 radical (unpaired) electrons. The van der Waals surface area contributed by atoms with E-state index in [2.05, 4.69) is 21.0 Å². The van der Waals surface area contributed by atoms with Gasteiger partial charge < -0.3 is 10.0 Å². The van der Waals surface area contributed by atoms with E-state index in [-0.39, 0.29) is 12.5 Å². The average Bonchev–Trinajstić information content (AvgIpc) is 3.14. The molecule has 1 saturated heterocycles. The summed E-state index contributed by atoms with van der Waals surface area (Å²) in [4.78, 5) is 25.6. The molecule has 1 amide bonds. The second-order valence-electron chi connectivity index (χ2n) is 6.00. The predicted molar refractivity (Wildman–Crippen MR) is 87.5 cm³/mol. The Balaban J connectivity index is 1.82. The molecule has 0 unspecified atom stereocenters. The van der Waals surface area contributed by atoms with Crippen LogP contribution in [0.15, 0.2) is 41.1 Å². The molecule has 3 rings (SSSR count). The van der Waals surface area contributed by atoms with Gasteiger partial charge in [-0.1, -0.05) is 6.07 Å². The van der Waals surface area contributed by atoms with Crippen molar-refractivity contribution in [3.8, 4) is 5.69 Å². The predicted octanol–water partition coefficient (Wildman–Crippen LogP) is 2.57. The lowest BCUT2D eigenvalue weighted by molar-refractivity contribution is -0.147. The van der Waals surface area contributed by atoms with Crippen LogP contribution in [0.25, 0.3) is 5.69 Å². The van der Waals surface area contributed by atoms with Crippen molar-refractivity contribution < 1.29 is 14.7 Å². The van der Waals surface area contributed by atoms with Crippen LogP contribution < -0.4 is 0 Å². The molecule has 0 aliphatic carbocycles. The van der Waals surface area contributed by atoms with Gasteiger partial charge in [-0.05, 0) is 47.5 Å². The number of carboxylic acids is 1. The second-order valence-corrected chi connectivity index (χ2v) is 6.91. The number of carbonyl (C=O) groups excluding carboxylic acids is 1. The van der Waals surface area contributed by atoms with Crippen LogP contribution in [-0.2, 0) is 4.79 Å². The molecule has 1 aliphatic heterocycles. The molecular formula is C16H16BrN3O3. The topological polar surface area (TPSA) is 75.4 Å². The lowest BCUT2D eigenvalue weighted by Crippen LogP contribution is -2.34. The molecule has 23 heavy (non-hydrogen) atoms. The third kappa shape index (κ3) is 3.01. The summed E-state index contributed by atoms with van der Waals surface area (Å²) in [6.45, 7) is 2.37. The van der Waals surface area contributed by atoms with Crippen LogP contribution >= 0.6 is 15.9 Å². The molecule has 1 fully saturated rings. The third-order valence-electron chi connectivity index (χ3n) is 4.19. The first-order chi connectivity index (χ1) is 10.9. The molecule has 2 aromatic rings. The van der Waals surface area contributed by atoms with Gasteiger partial charge in [0.15, 0.2) is 0 Å². The Kier molecular flexibility index (Phi) is 3.97. The normalized spacial score (nSPS) is 20.7. The van der Waals surface area contributed by atoms with Gasteiger partial charge in [-0.15, -0.1) is 0 Å². The molecule has 7 heteroatoms. The second kappa shape index (κ2) is 5.81. The van der Waals surface area contributed by atoms with Crippen molar-refractivity contribution >= 4 is 27.8 Å². The summed E-state index contributed by atoms with van der Waals surface area (Å²) < 4.78 is 2.53. The van der Waals surface area contributed by atoms with Gasteiger partial charge in [-0.25, -0.2) is 4.68 Å². The van der Waals surface area contributed by atoms with Gasteiger partial charge in [0.05, 0.1) is 21.8 Å². The lowest BCUT2D eigenvalue weighted by Gasteiger charge is -2.20. The van der Waals surface area contributed by atoms with Crippen molar-refractivity contribution in [2.24, 2.45) is 5.41 Å². The fourth-order valence-electron chi connectivity index (χ4n) is 2.72. The van der Waals surface area contributed by atoms with Gasteiger partial charge >= 0.3 is 5.97 Å². The summed E-state index contributed by atoms with van der Waals surface area (Å²) in [5, 5.41) is 13.5. The SMILES string of the molecule is C[C@]1(C(=O)O)CCN(C(=O)c2cccc(-n3cc(Br)cn3)c2)C1. The molecule has 0 spiro atoms. The van der Waals surface area contributed by atoms with E-state index < -0.39 is 11.4 Å². The Morgan fingerprint density at radius 1 is 1.39 bits per heavy atom. The van der Waals surface area contributed by atoms with Crippen molar-refractivity contribution in [1.82, 2.24) is 14.7 Å². The summed E-state index contributed by atoms with van der Waals surface area (Å²) in [6, 6.07) is 7.16. The number of carbonyl (C=O) groups is 2. The van der Waals surface area contributed by atoms with E-state index in [0.29, 0.717) is 18.5 Å². The molecular weight excluding hydrogens is 362 g/mol. The molecule has 1 aliphatic rings. The number of hydrogen-bond donors (Lipinski definition) is 1. The smallest absolute Gasteiger partial charge is 0.311 e. The maximum Gasteiger partial charge on any atom is 0.311 e. The van der Waals surface area contributed by atoms with E-state index >= 15 is 0 Å². The first-order valence-electron chi connectivity index (χ1n) is 7.22. The molecule has 0 saturated carbocycles. The maximum atomic E-state index is 12.6. The number of aromatic nitrogens is 2. The molecule has 1 atom stereocenters. The van der Waals surface area contributed by atoms with Crippen LogP contribution in [0.1, 0.15) is 23.7 Å². The van der Waals surface area contributed by atoms with Crippen molar-refractivity contribution in [2.45, 2.75) is 13.3 Å². The zero-order valence-corrected chi connectivity index (χ0v) is 14.2.